The molecular weight excluding hydrogens is 276 g/mol. The Kier molecular flexibility index (Phi) is 13.3. The Morgan fingerprint density at radius 2 is 0.952 bits per heavy atom. The van der Waals surface area contributed by atoms with E-state index < -0.39 is 0 Å². The fourth-order valence-corrected chi connectivity index (χ4v) is 1.35. The molecule has 0 rings (SSSR count). The predicted octanol–water partition coefficient (Wildman–Crippen LogP) is 1.51. The van der Waals surface area contributed by atoms with Gasteiger partial charge in [0.2, 0.25) is 0 Å². The number of hydrogen-bond acceptors (Lipinski definition) is 6. The Morgan fingerprint density at radius 1 is 0.571 bits per heavy atom. The van der Waals surface area contributed by atoms with Crippen molar-refractivity contribution in [3.63, 3.8) is 0 Å². The third-order valence-corrected chi connectivity index (χ3v) is 3.09. The molecule has 0 saturated heterocycles. The molecule has 0 aliphatic carbocycles. The zero-order valence-electron chi connectivity index (χ0n) is 14.3. The maximum atomic E-state index is 5.77. The first-order chi connectivity index (χ1) is 10.0. The monoisotopic (exact) mass is 308 g/mol. The van der Waals surface area contributed by atoms with Crippen LogP contribution in [0, 0.1) is 0 Å². The topological polar surface area (TPSA) is 55.4 Å². The van der Waals surface area contributed by atoms with Crippen LogP contribution in [0.15, 0.2) is 0 Å². The first-order valence-corrected chi connectivity index (χ1v) is 7.38. The summed E-state index contributed by atoms with van der Waals surface area (Å²) in [6, 6.07) is 0. The minimum atomic E-state index is -0.129. The van der Waals surface area contributed by atoms with Gasteiger partial charge in [0.1, 0.15) is 6.10 Å². The highest BCUT2D eigenvalue weighted by Crippen LogP contribution is 2.01. The van der Waals surface area contributed by atoms with Crippen molar-refractivity contribution in [1.82, 2.24) is 0 Å². The Balaban J connectivity index is 4.01. The van der Waals surface area contributed by atoms with Gasteiger partial charge in [-0.15, -0.1) is 0 Å². The molecule has 6 nitrogen and oxygen atoms in total. The minimum Gasteiger partial charge on any atom is -0.379 e. The molecule has 0 N–H and O–H groups in total. The number of ether oxygens (including phenoxy) is 6. The van der Waals surface area contributed by atoms with E-state index in [0.717, 1.165) is 0 Å². The van der Waals surface area contributed by atoms with Crippen LogP contribution in [0.1, 0.15) is 20.8 Å². The van der Waals surface area contributed by atoms with Crippen LogP contribution >= 0.6 is 0 Å². The minimum absolute atomic E-state index is 0.0447. The van der Waals surface area contributed by atoms with E-state index in [-0.39, 0.29) is 24.4 Å². The largest absolute Gasteiger partial charge is 0.379 e. The van der Waals surface area contributed by atoms with Crippen LogP contribution in [0.25, 0.3) is 0 Å². The van der Waals surface area contributed by atoms with Gasteiger partial charge in [-0.25, -0.2) is 0 Å². The highest BCUT2D eigenvalue weighted by atomic mass is 16.6. The lowest BCUT2D eigenvalue weighted by Gasteiger charge is -2.21. The molecule has 0 aliphatic heterocycles. The van der Waals surface area contributed by atoms with Gasteiger partial charge < -0.3 is 28.4 Å². The highest BCUT2D eigenvalue weighted by Gasteiger charge is 2.14. The molecule has 0 aromatic heterocycles. The van der Waals surface area contributed by atoms with Crippen LogP contribution in [0.3, 0.4) is 0 Å². The molecule has 6 heteroatoms. The zero-order valence-corrected chi connectivity index (χ0v) is 14.3. The molecule has 0 aliphatic rings. The van der Waals surface area contributed by atoms with E-state index in [4.69, 9.17) is 28.4 Å². The zero-order chi connectivity index (χ0) is 16.1. The lowest BCUT2D eigenvalue weighted by Crippen LogP contribution is -2.31. The average molecular weight is 308 g/mol. The molecule has 128 valence electrons. The molecule has 0 radical (unpaired) electrons. The van der Waals surface area contributed by atoms with Gasteiger partial charge in [0, 0.05) is 21.3 Å². The Labute approximate surface area is 129 Å². The van der Waals surface area contributed by atoms with Crippen molar-refractivity contribution in [3.05, 3.63) is 0 Å². The van der Waals surface area contributed by atoms with Gasteiger partial charge in [-0.2, -0.15) is 0 Å². The van der Waals surface area contributed by atoms with Crippen molar-refractivity contribution in [1.29, 1.82) is 0 Å². The molecule has 3 atom stereocenters. The van der Waals surface area contributed by atoms with E-state index in [1.54, 1.807) is 21.3 Å². The standard InChI is InChI=1S/C15H32O6/c1-12(16-4)7-19-10-15(21-9-14(3)18-6)11-20-8-13(2)17-5/h12-15H,7-11H2,1-6H3. The van der Waals surface area contributed by atoms with Crippen molar-refractivity contribution < 1.29 is 28.4 Å². The summed E-state index contributed by atoms with van der Waals surface area (Å²) in [4.78, 5) is 0. The van der Waals surface area contributed by atoms with Crippen LogP contribution in [-0.2, 0) is 28.4 Å². The number of methoxy groups -OCH3 is 3. The van der Waals surface area contributed by atoms with Crippen LogP contribution in [0.5, 0.6) is 0 Å². The molecule has 21 heavy (non-hydrogen) atoms. The van der Waals surface area contributed by atoms with Crippen molar-refractivity contribution in [3.8, 4) is 0 Å². The summed E-state index contributed by atoms with van der Waals surface area (Å²) in [5, 5.41) is 0. The Bertz CT molecular complexity index is 210. The fourth-order valence-electron chi connectivity index (χ4n) is 1.35. The van der Waals surface area contributed by atoms with E-state index >= 15 is 0 Å². The van der Waals surface area contributed by atoms with Crippen LogP contribution in [-0.4, -0.2) is 78.8 Å². The maximum absolute atomic E-state index is 5.77. The molecule has 0 fully saturated rings. The molecule has 0 aromatic carbocycles. The summed E-state index contributed by atoms with van der Waals surface area (Å²) in [6.45, 7) is 8.37. The van der Waals surface area contributed by atoms with Gasteiger partial charge >= 0.3 is 0 Å². The van der Waals surface area contributed by atoms with E-state index in [1.807, 2.05) is 20.8 Å². The molecule has 0 amide bonds. The summed E-state index contributed by atoms with van der Waals surface area (Å²) in [5.41, 5.74) is 0. The van der Waals surface area contributed by atoms with Gasteiger partial charge in [0.25, 0.3) is 0 Å². The van der Waals surface area contributed by atoms with E-state index in [9.17, 15) is 0 Å². The normalized spacial score (nSPS) is 17.4. The third kappa shape index (κ3) is 12.0. The van der Waals surface area contributed by atoms with Crippen LogP contribution in [0.2, 0.25) is 0 Å². The smallest absolute Gasteiger partial charge is 0.104 e. The van der Waals surface area contributed by atoms with Crippen molar-refractivity contribution in [2.75, 3.05) is 54.4 Å². The first-order valence-electron chi connectivity index (χ1n) is 7.38. The van der Waals surface area contributed by atoms with Gasteiger partial charge in [-0.05, 0) is 20.8 Å². The molecule has 0 aromatic rings. The average Bonchev–Trinajstić information content (AvgIpc) is 2.50. The van der Waals surface area contributed by atoms with Crippen LogP contribution in [0.4, 0.5) is 0 Å². The molecule has 0 spiro atoms. The van der Waals surface area contributed by atoms with Gasteiger partial charge in [0.05, 0.1) is 51.3 Å². The van der Waals surface area contributed by atoms with Gasteiger partial charge in [-0.3, -0.25) is 0 Å². The Morgan fingerprint density at radius 3 is 1.33 bits per heavy atom. The second kappa shape index (κ2) is 13.4. The first kappa shape index (κ1) is 20.8. The summed E-state index contributed by atoms with van der Waals surface area (Å²) >= 11 is 0. The van der Waals surface area contributed by atoms with Crippen molar-refractivity contribution >= 4 is 0 Å². The molecule has 0 heterocycles. The van der Waals surface area contributed by atoms with E-state index in [0.29, 0.717) is 33.0 Å². The van der Waals surface area contributed by atoms with Crippen LogP contribution < -0.4 is 0 Å². The maximum Gasteiger partial charge on any atom is 0.104 e. The second-order valence-corrected chi connectivity index (χ2v) is 5.17. The molecule has 0 bridgehead atoms. The predicted molar refractivity (Wildman–Crippen MR) is 80.8 cm³/mol. The number of hydrogen-bond donors (Lipinski definition) is 0. The number of rotatable bonds is 14. The van der Waals surface area contributed by atoms with Gasteiger partial charge in [-0.1, -0.05) is 0 Å². The summed E-state index contributed by atoms with van der Waals surface area (Å²) < 4.78 is 32.4. The summed E-state index contributed by atoms with van der Waals surface area (Å²) in [6.07, 6.45) is 0.0509. The van der Waals surface area contributed by atoms with Crippen molar-refractivity contribution in [2.24, 2.45) is 0 Å². The lowest BCUT2D eigenvalue weighted by atomic mass is 10.3. The third-order valence-electron chi connectivity index (χ3n) is 3.09. The molecular formula is C15H32O6. The van der Waals surface area contributed by atoms with Crippen molar-refractivity contribution in [2.45, 2.75) is 45.2 Å². The summed E-state index contributed by atoms with van der Waals surface area (Å²) in [7, 11) is 4.99. The fraction of sp³-hybridized carbons (Fsp3) is 1.00. The van der Waals surface area contributed by atoms with E-state index in [1.165, 1.54) is 0 Å². The lowest BCUT2D eigenvalue weighted by molar-refractivity contribution is -0.100. The SMILES string of the molecule is COC(C)COCC(COCC(C)OC)OCC(C)OC. The van der Waals surface area contributed by atoms with Gasteiger partial charge in [0.15, 0.2) is 0 Å². The molecule has 0 saturated carbocycles. The summed E-state index contributed by atoms with van der Waals surface area (Å²) in [5.74, 6) is 0. The molecule has 3 unspecified atom stereocenters. The quantitative estimate of drug-likeness (QED) is 0.485. The highest BCUT2D eigenvalue weighted by molar-refractivity contribution is 4.59. The Hall–Kier alpha value is -0.240. The van der Waals surface area contributed by atoms with E-state index in [2.05, 4.69) is 0 Å². The second-order valence-electron chi connectivity index (χ2n) is 5.17.